The first-order valence-corrected chi connectivity index (χ1v) is 6.52. The van der Waals surface area contributed by atoms with Crippen molar-refractivity contribution >= 4 is 0 Å². The highest BCUT2D eigenvalue weighted by Gasteiger charge is 2.00. The van der Waals surface area contributed by atoms with Gasteiger partial charge in [-0.3, -0.25) is 0 Å². The number of hydrogen-bond acceptors (Lipinski definition) is 3. The summed E-state index contributed by atoms with van der Waals surface area (Å²) in [4.78, 5) is 3.97. The molecule has 0 radical (unpaired) electrons. The maximum Gasteiger partial charge on any atom is 0.140 e. The molecule has 0 fully saturated rings. The quantitative estimate of drug-likeness (QED) is 0.805. The van der Waals surface area contributed by atoms with E-state index in [1.807, 2.05) is 12.1 Å². The molecule has 2 aromatic rings. The van der Waals surface area contributed by atoms with E-state index in [0.29, 0.717) is 5.69 Å². The molecule has 0 saturated carbocycles. The van der Waals surface area contributed by atoms with E-state index in [4.69, 9.17) is 5.26 Å². The summed E-state index contributed by atoms with van der Waals surface area (Å²) in [5.41, 5.74) is 2.84. The van der Waals surface area contributed by atoms with E-state index in [1.54, 1.807) is 6.20 Å². The second-order valence-electron chi connectivity index (χ2n) is 4.53. The maximum absolute atomic E-state index is 8.83. The van der Waals surface area contributed by atoms with Crippen LogP contribution in [-0.4, -0.2) is 16.1 Å². The molecular weight excluding hydrogens is 236 g/mol. The van der Waals surface area contributed by atoms with Crippen LogP contribution in [0.15, 0.2) is 36.8 Å². The molecule has 2 rings (SSSR count). The van der Waals surface area contributed by atoms with Crippen molar-refractivity contribution in [3.63, 3.8) is 0 Å². The Kier molecular flexibility index (Phi) is 4.71. The Balaban J connectivity index is 1.97. The Hall–Kier alpha value is -2.12. The van der Waals surface area contributed by atoms with Crippen LogP contribution in [0.25, 0.3) is 0 Å². The lowest BCUT2D eigenvalue weighted by atomic mass is 10.2. The summed E-state index contributed by atoms with van der Waals surface area (Å²) in [6, 6.07) is 7.95. The maximum atomic E-state index is 8.83. The number of nitriles is 1. The molecule has 0 atom stereocenters. The van der Waals surface area contributed by atoms with Crippen molar-refractivity contribution in [1.29, 1.82) is 5.26 Å². The summed E-state index contributed by atoms with van der Waals surface area (Å²) in [6.45, 7) is 4.88. The highest BCUT2D eigenvalue weighted by Crippen LogP contribution is 2.07. The molecule has 0 bridgehead atoms. The van der Waals surface area contributed by atoms with Gasteiger partial charge in [-0.2, -0.15) is 5.26 Å². The van der Waals surface area contributed by atoms with Crippen molar-refractivity contribution in [1.82, 2.24) is 14.9 Å². The van der Waals surface area contributed by atoms with Gasteiger partial charge in [0.15, 0.2) is 0 Å². The second kappa shape index (κ2) is 6.72. The van der Waals surface area contributed by atoms with Crippen molar-refractivity contribution in [2.24, 2.45) is 0 Å². The van der Waals surface area contributed by atoms with Crippen LogP contribution in [0.2, 0.25) is 0 Å². The summed E-state index contributed by atoms with van der Waals surface area (Å²) in [6.07, 6.45) is 7.03. The molecule has 0 saturated heterocycles. The fourth-order valence-electron chi connectivity index (χ4n) is 1.95. The molecule has 0 aliphatic rings. The Labute approximate surface area is 113 Å². The zero-order valence-electron chi connectivity index (χ0n) is 11.1. The van der Waals surface area contributed by atoms with Gasteiger partial charge >= 0.3 is 0 Å². The number of aromatic nitrogens is 2. The lowest BCUT2D eigenvalue weighted by Crippen LogP contribution is -2.13. The zero-order chi connectivity index (χ0) is 13.5. The Bertz CT molecular complexity index is 566. The Morgan fingerprint density at radius 1 is 1.37 bits per heavy atom. The van der Waals surface area contributed by atoms with Crippen molar-refractivity contribution in [2.75, 3.05) is 6.54 Å². The molecule has 0 aliphatic carbocycles. The molecule has 4 nitrogen and oxygen atoms in total. The fourth-order valence-corrected chi connectivity index (χ4v) is 1.95. The van der Waals surface area contributed by atoms with E-state index in [-0.39, 0.29) is 0 Å². The van der Waals surface area contributed by atoms with Gasteiger partial charge in [-0.25, -0.2) is 4.98 Å². The van der Waals surface area contributed by atoms with Gasteiger partial charge in [-0.05, 0) is 42.3 Å². The molecular formula is C15H18N4. The van der Waals surface area contributed by atoms with Gasteiger partial charge in [0, 0.05) is 31.7 Å². The zero-order valence-corrected chi connectivity index (χ0v) is 11.1. The monoisotopic (exact) mass is 254 g/mol. The second-order valence-corrected chi connectivity index (χ2v) is 4.53. The van der Waals surface area contributed by atoms with Crippen LogP contribution in [-0.2, 0) is 13.1 Å². The van der Waals surface area contributed by atoms with Gasteiger partial charge in [0.05, 0.1) is 0 Å². The minimum Gasteiger partial charge on any atom is -0.350 e. The van der Waals surface area contributed by atoms with Gasteiger partial charge in [-0.15, -0.1) is 0 Å². The van der Waals surface area contributed by atoms with Crippen molar-refractivity contribution in [3.8, 4) is 6.07 Å². The third-order valence-corrected chi connectivity index (χ3v) is 2.87. The summed E-state index contributed by atoms with van der Waals surface area (Å²) < 4.78 is 2.12. The minimum absolute atomic E-state index is 0.467. The summed E-state index contributed by atoms with van der Waals surface area (Å²) in [5, 5.41) is 12.2. The average Bonchev–Trinajstić information content (AvgIpc) is 2.87. The highest BCUT2D eigenvalue weighted by molar-refractivity contribution is 5.26. The normalized spacial score (nSPS) is 10.3. The Morgan fingerprint density at radius 2 is 2.26 bits per heavy atom. The first-order valence-electron chi connectivity index (χ1n) is 6.52. The van der Waals surface area contributed by atoms with E-state index in [1.165, 1.54) is 5.56 Å². The first-order chi connectivity index (χ1) is 9.31. The van der Waals surface area contributed by atoms with Crippen LogP contribution in [0, 0.1) is 11.3 Å². The van der Waals surface area contributed by atoms with Crippen LogP contribution in [0.4, 0.5) is 0 Å². The molecule has 98 valence electrons. The summed E-state index contributed by atoms with van der Waals surface area (Å²) in [7, 11) is 0. The number of nitrogens with one attached hydrogen (secondary N) is 1. The standard InChI is InChI=1S/C15H18N4/c1-2-5-17-10-14-4-7-19(12-14)11-13-3-6-18-15(8-13)9-16/h3-4,6-8,12,17H,2,5,10-11H2,1H3. The lowest BCUT2D eigenvalue weighted by Gasteiger charge is -2.03. The molecule has 0 amide bonds. The third-order valence-electron chi connectivity index (χ3n) is 2.87. The molecule has 0 unspecified atom stereocenters. The molecule has 0 spiro atoms. The topological polar surface area (TPSA) is 53.6 Å². The van der Waals surface area contributed by atoms with E-state index in [2.05, 4.69) is 46.3 Å². The minimum atomic E-state index is 0.467. The first kappa shape index (κ1) is 13.3. The third kappa shape index (κ3) is 3.94. The molecule has 2 aromatic heterocycles. The van der Waals surface area contributed by atoms with Crippen LogP contribution in [0.5, 0.6) is 0 Å². The van der Waals surface area contributed by atoms with Gasteiger partial charge in [0.2, 0.25) is 0 Å². The average molecular weight is 254 g/mol. The number of nitrogens with zero attached hydrogens (tertiary/aromatic N) is 3. The van der Waals surface area contributed by atoms with Gasteiger partial charge < -0.3 is 9.88 Å². The van der Waals surface area contributed by atoms with E-state index in [0.717, 1.165) is 31.6 Å². The van der Waals surface area contributed by atoms with Gasteiger partial charge in [0.1, 0.15) is 11.8 Å². The van der Waals surface area contributed by atoms with Crippen LogP contribution in [0.1, 0.15) is 30.2 Å². The SMILES string of the molecule is CCCNCc1ccn(Cc2ccnc(C#N)c2)c1. The van der Waals surface area contributed by atoms with Crippen LogP contribution >= 0.6 is 0 Å². The van der Waals surface area contributed by atoms with Crippen molar-refractivity contribution in [3.05, 3.63) is 53.6 Å². The molecule has 2 heterocycles. The smallest absolute Gasteiger partial charge is 0.140 e. The Morgan fingerprint density at radius 3 is 3.05 bits per heavy atom. The van der Waals surface area contributed by atoms with Crippen molar-refractivity contribution < 1.29 is 0 Å². The summed E-state index contributed by atoms with van der Waals surface area (Å²) in [5.74, 6) is 0. The van der Waals surface area contributed by atoms with E-state index < -0.39 is 0 Å². The molecule has 4 heteroatoms. The predicted molar refractivity (Wildman–Crippen MR) is 74.5 cm³/mol. The van der Waals surface area contributed by atoms with E-state index >= 15 is 0 Å². The molecule has 19 heavy (non-hydrogen) atoms. The number of hydrogen-bond donors (Lipinski definition) is 1. The molecule has 1 N–H and O–H groups in total. The molecule has 0 aromatic carbocycles. The number of rotatable bonds is 6. The summed E-state index contributed by atoms with van der Waals surface area (Å²) >= 11 is 0. The van der Waals surface area contributed by atoms with Crippen LogP contribution < -0.4 is 5.32 Å². The lowest BCUT2D eigenvalue weighted by molar-refractivity contribution is 0.673. The fraction of sp³-hybridized carbons (Fsp3) is 0.333. The largest absolute Gasteiger partial charge is 0.350 e. The predicted octanol–water partition coefficient (Wildman–Crippen LogP) is 2.30. The van der Waals surface area contributed by atoms with Crippen molar-refractivity contribution in [2.45, 2.75) is 26.4 Å². The highest BCUT2D eigenvalue weighted by atomic mass is 14.9. The van der Waals surface area contributed by atoms with Gasteiger partial charge in [-0.1, -0.05) is 6.92 Å². The van der Waals surface area contributed by atoms with Gasteiger partial charge in [0.25, 0.3) is 0 Å². The molecule has 0 aliphatic heterocycles. The van der Waals surface area contributed by atoms with E-state index in [9.17, 15) is 0 Å². The number of pyridine rings is 1. The van der Waals surface area contributed by atoms with Crippen LogP contribution in [0.3, 0.4) is 0 Å².